The molecule has 0 saturated carbocycles. The molecule has 0 N–H and O–H groups in total. The Hall–Kier alpha value is -1.31. The van der Waals surface area contributed by atoms with Crippen molar-refractivity contribution in [2.75, 3.05) is 6.54 Å². The highest BCUT2D eigenvalue weighted by Crippen LogP contribution is 2.60. The van der Waals surface area contributed by atoms with Crippen LogP contribution >= 0.6 is 0 Å². The highest BCUT2D eigenvalue weighted by Gasteiger charge is 2.90. The van der Waals surface area contributed by atoms with Gasteiger partial charge in [0.05, 0.1) is 6.54 Å². The Morgan fingerprint density at radius 1 is 0.560 bits per heavy atom. The van der Waals surface area contributed by atoms with E-state index in [0.717, 1.165) is 0 Å². The Bertz CT molecular complexity index is 470. The Kier molecular flexibility index (Phi) is 6.42. The molecule has 150 valence electrons. The van der Waals surface area contributed by atoms with E-state index >= 15 is 0 Å². The van der Waals surface area contributed by atoms with Gasteiger partial charge in [-0.25, -0.2) is 0 Å². The summed E-state index contributed by atoms with van der Waals surface area (Å²) in [5, 5.41) is 2.09. The van der Waals surface area contributed by atoms with Crippen molar-refractivity contribution in [1.82, 2.24) is 0 Å². The van der Waals surface area contributed by atoms with Gasteiger partial charge in [-0.1, -0.05) is 5.18 Å². The molecule has 25 heavy (non-hydrogen) atoms. The van der Waals surface area contributed by atoms with Crippen LogP contribution < -0.4 is 0 Å². The quantitative estimate of drug-likeness (QED) is 0.277. The SMILES string of the molecule is O=NCCCCC(F)(F)C(F)(F)C(F)(F)C(F)(F)C(F)(F)C(F)(F)F. The maximum absolute atomic E-state index is 13.1. The topological polar surface area (TPSA) is 29.4 Å². The van der Waals surface area contributed by atoms with Crippen molar-refractivity contribution < 1.29 is 57.1 Å². The molecule has 0 aliphatic rings. The first kappa shape index (κ1) is 23.7. The Balaban J connectivity index is 5.82. The minimum atomic E-state index is -7.88. The van der Waals surface area contributed by atoms with Gasteiger partial charge < -0.3 is 0 Å². The highest BCUT2D eigenvalue weighted by molar-refractivity contribution is 5.10. The second-order valence-electron chi connectivity index (χ2n) is 4.81. The van der Waals surface area contributed by atoms with Gasteiger partial charge in [0, 0.05) is 6.42 Å². The number of hydrogen-bond donors (Lipinski definition) is 0. The molecule has 2 nitrogen and oxygen atoms in total. The first-order valence-corrected chi connectivity index (χ1v) is 6.06. The molecule has 0 bridgehead atoms. The molecule has 0 heterocycles. The molecule has 0 atom stereocenters. The maximum atomic E-state index is 13.1. The number of unbranched alkanes of at least 4 members (excludes halogenated alkanes) is 1. The van der Waals surface area contributed by atoms with Gasteiger partial charge in [-0.15, -0.1) is 0 Å². The van der Waals surface area contributed by atoms with Crippen LogP contribution in [0.3, 0.4) is 0 Å². The van der Waals surface area contributed by atoms with Crippen molar-refractivity contribution >= 4 is 0 Å². The molecule has 0 fully saturated rings. The molecule has 0 spiro atoms. The monoisotopic (exact) mass is 405 g/mol. The van der Waals surface area contributed by atoms with Crippen LogP contribution in [0.25, 0.3) is 0 Å². The van der Waals surface area contributed by atoms with Gasteiger partial charge >= 0.3 is 35.8 Å². The van der Waals surface area contributed by atoms with Crippen LogP contribution in [0.2, 0.25) is 0 Å². The molecule has 0 unspecified atom stereocenters. The molecule has 15 heteroatoms. The normalized spacial score (nSPS) is 15.4. The largest absolute Gasteiger partial charge is 0.460 e. The van der Waals surface area contributed by atoms with Crippen LogP contribution in [0.4, 0.5) is 57.1 Å². The molecule has 0 radical (unpaired) electrons. The fourth-order valence-electron chi connectivity index (χ4n) is 1.48. The molecule has 0 amide bonds. The van der Waals surface area contributed by atoms with Gasteiger partial charge in [-0.3, -0.25) is 0 Å². The van der Waals surface area contributed by atoms with Gasteiger partial charge in [-0.05, 0) is 12.8 Å². The molecular weight excluding hydrogens is 397 g/mol. The van der Waals surface area contributed by atoms with E-state index in [9.17, 15) is 62.0 Å². The number of hydrogen-bond acceptors (Lipinski definition) is 2. The van der Waals surface area contributed by atoms with E-state index in [1.54, 1.807) is 0 Å². The lowest BCUT2D eigenvalue weighted by atomic mass is 9.92. The second-order valence-corrected chi connectivity index (χ2v) is 4.81. The summed E-state index contributed by atoms with van der Waals surface area (Å²) in [7, 11) is 0. The molecule has 0 aromatic carbocycles. The van der Waals surface area contributed by atoms with E-state index in [1.165, 1.54) is 0 Å². The zero-order valence-electron chi connectivity index (χ0n) is 11.6. The minimum Gasteiger partial charge on any atom is -0.200 e. The summed E-state index contributed by atoms with van der Waals surface area (Å²) in [5.74, 6) is -36.7. The number of halogens is 13. The van der Waals surface area contributed by atoms with Gasteiger partial charge in [0.2, 0.25) is 0 Å². The Labute approximate surface area is 130 Å². The van der Waals surface area contributed by atoms with Crippen LogP contribution in [-0.2, 0) is 0 Å². The van der Waals surface area contributed by atoms with Gasteiger partial charge in [0.25, 0.3) is 0 Å². The lowest BCUT2D eigenvalue weighted by Gasteiger charge is -2.39. The van der Waals surface area contributed by atoms with E-state index in [0.29, 0.717) is 0 Å². The van der Waals surface area contributed by atoms with E-state index in [4.69, 9.17) is 0 Å². The summed E-state index contributed by atoms with van der Waals surface area (Å²) in [6.45, 7) is -0.736. The summed E-state index contributed by atoms with van der Waals surface area (Å²) in [6.07, 6.45) is -11.5. The van der Waals surface area contributed by atoms with Crippen LogP contribution in [0, 0.1) is 4.91 Å². The van der Waals surface area contributed by atoms with Gasteiger partial charge in [0.15, 0.2) is 0 Å². The predicted octanol–water partition coefficient (Wildman–Crippen LogP) is 5.66. The van der Waals surface area contributed by atoms with Crippen molar-refractivity contribution in [2.24, 2.45) is 5.18 Å². The highest BCUT2D eigenvalue weighted by atomic mass is 19.4. The molecular formula is C10H8F13NO. The zero-order chi connectivity index (χ0) is 20.5. The summed E-state index contributed by atoms with van der Waals surface area (Å²) in [5.41, 5.74) is 0. The third-order valence-electron chi connectivity index (χ3n) is 2.99. The van der Waals surface area contributed by atoms with E-state index in [-0.39, 0.29) is 0 Å². The molecule has 0 aliphatic carbocycles. The first-order valence-electron chi connectivity index (χ1n) is 6.06. The number of alkyl halides is 13. The molecule has 0 aromatic rings. The van der Waals surface area contributed by atoms with Crippen molar-refractivity contribution in [1.29, 1.82) is 0 Å². The number of nitrogens with zero attached hydrogens (tertiary/aromatic N) is 1. The van der Waals surface area contributed by atoms with Crippen molar-refractivity contribution in [3.63, 3.8) is 0 Å². The Morgan fingerprint density at radius 3 is 1.32 bits per heavy atom. The van der Waals surface area contributed by atoms with Crippen LogP contribution in [0.5, 0.6) is 0 Å². The smallest absolute Gasteiger partial charge is 0.200 e. The lowest BCUT2D eigenvalue weighted by Crippen LogP contribution is -2.70. The zero-order valence-corrected chi connectivity index (χ0v) is 11.6. The minimum absolute atomic E-state index is 0.671. The van der Waals surface area contributed by atoms with Crippen molar-refractivity contribution in [3.05, 3.63) is 4.91 Å². The third-order valence-corrected chi connectivity index (χ3v) is 2.99. The predicted molar refractivity (Wildman–Crippen MR) is 55.3 cm³/mol. The number of nitroso groups, excluding NO2 is 1. The fourth-order valence-corrected chi connectivity index (χ4v) is 1.48. The fraction of sp³-hybridized carbons (Fsp3) is 1.00. The van der Waals surface area contributed by atoms with E-state index < -0.39 is 61.6 Å². The summed E-state index contributed by atoms with van der Waals surface area (Å²) < 4.78 is 165. The molecule has 0 saturated heterocycles. The van der Waals surface area contributed by atoms with E-state index in [1.807, 2.05) is 0 Å². The molecule has 0 aliphatic heterocycles. The van der Waals surface area contributed by atoms with Gasteiger partial charge in [0.1, 0.15) is 0 Å². The van der Waals surface area contributed by atoms with Crippen molar-refractivity contribution in [2.45, 2.75) is 55.1 Å². The number of rotatable bonds is 9. The average Bonchev–Trinajstić information content (AvgIpc) is 2.41. The standard InChI is InChI=1S/C10H8F13NO/c11-5(12,3-1-2-4-24-25)6(13,14)7(15,16)8(17,18)9(19,20)10(21,22)23/h1-4H2. The van der Waals surface area contributed by atoms with Crippen LogP contribution in [0.15, 0.2) is 5.18 Å². The molecule has 0 rings (SSSR count). The van der Waals surface area contributed by atoms with Crippen LogP contribution in [-0.4, -0.2) is 42.3 Å². The van der Waals surface area contributed by atoms with Crippen molar-refractivity contribution in [3.8, 4) is 0 Å². The average molecular weight is 405 g/mol. The molecule has 0 aromatic heterocycles. The second kappa shape index (κ2) is 6.78. The summed E-state index contributed by atoms with van der Waals surface area (Å²) in [4.78, 5) is 9.63. The summed E-state index contributed by atoms with van der Waals surface area (Å²) >= 11 is 0. The maximum Gasteiger partial charge on any atom is 0.460 e. The Morgan fingerprint density at radius 2 is 0.960 bits per heavy atom. The lowest BCUT2D eigenvalue weighted by molar-refractivity contribution is -0.440. The third kappa shape index (κ3) is 3.78. The first-order chi connectivity index (χ1) is 10.8. The van der Waals surface area contributed by atoms with E-state index in [2.05, 4.69) is 5.18 Å². The summed E-state index contributed by atoms with van der Waals surface area (Å²) in [6, 6.07) is 0. The van der Waals surface area contributed by atoms with Crippen LogP contribution in [0.1, 0.15) is 19.3 Å². The van der Waals surface area contributed by atoms with Gasteiger partial charge in [-0.2, -0.15) is 62.0 Å².